The SMILES string of the molecule is Cc1ccccc1OCC(=O)N[C@@H](C)CO. The van der Waals surface area contributed by atoms with E-state index >= 15 is 0 Å². The molecule has 4 heteroatoms. The second-order valence-corrected chi connectivity index (χ2v) is 3.71. The average Bonchev–Trinajstić information content (AvgIpc) is 2.28. The van der Waals surface area contributed by atoms with Gasteiger partial charge in [0.2, 0.25) is 0 Å². The van der Waals surface area contributed by atoms with E-state index in [4.69, 9.17) is 9.84 Å². The summed E-state index contributed by atoms with van der Waals surface area (Å²) in [7, 11) is 0. The highest BCUT2D eigenvalue weighted by Gasteiger charge is 2.07. The molecule has 0 saturated heterocycles. The van der Waals surface area contributed by atoms with Crippen LogP contribution in [0.25, 0.3) is 0 Å². The molecule has 0 aromatic heterocycles. The van der Waals surface area contributed by atoms with Crippen molar-refractivity contribution in [3.63, 3.8) is 0 Å². The third kappa shape index (κ3) is 3.90. The van der Waals surface area contributed by atoms with E-state index in [-0.39, 0.29) is 25.2 Å². The molecule has 0 radical (unpaired) electrons. The fourth-order valence-corrected chi connectivity index (χ4v) is 1.22. The monoisotopic (exact) mass is 223 g/mol. The molecule has 0 aliphatic carbocycles. The van der Waals surface area contributed by atoms with Crippen LogP contribution in [0.2, 0.25) is 0 Å². The van der Waals surface area contributed by atoms with Gasteiger partial charge in [0.15, 0.2) is 6.61 Å². The Balaban J connectivity index is 2.40. The number of para-hydroxylation sites is 1. The Morgan fingerprint density at radius 1 is 1.50 bits per heavy atom. The maximum Gasteiger partial charge on any atom is 0.258 e. The first-order valence-electron chi connectivity index (χ1n) is 5.22. The molecule has 0 saturated carbocycles. The fraction of sp³-hybridized carbons (Fsp3) is 0.417. The largest absolute Gasteiger partial charge is 0.484 e. The molecule has 88 valence electrons. The van der Waals surface area contributed by atoms with Crippen LogP contribution in [0.1, 0.15) is 12.5 Å². The first-order chi connectivity index (χ1) is 7.63. The molecular weight excluding hydrogens is 206 g/mol. The summed E-state index contributed by atoms with van der Waals surface area (Å²) in [4.78, 5) is 11.3. The smallest absolute Gasteiger partial charge is 0.258 e. The number of ether oxygens (including phenoxy) is 1. The molecular formula is C12H17NO3. The number of aliphatic hydroxyl groups is 1. The molecule has 0 spiro atoms. The molecule has 0 aliphatic heterocycles. The molecule has 0 fully saturated rings. The van der Waals surface area contributed by atoms with Gasteiger partial charge in [0.1, 0.15) is 5.75 Å². The van der Waals surface area contributed by atoms with Gasteiger partial charge in [-0.1, -0.05) is 18.2 Å². The number of aliphatic hydroxyl groups excluding tert-OH is 1. The Kier molecular flexibility index (Phi) is 4.79. The van der Waals surface area contributed by atoms with Gasteiger partial charge in [-0.2, -0.15) is 0 Å². The van der Waals surface area contributed by atoms with Crippen LogP contribution < -0.4 is 10.1 Å². The summed E-state index contributed by atoms with van der Waals surface area (Å²) in [6.45, 7) is 3.54. The number of rotatable bonds is 5. The van der Waals surface area contributed by atoms with E-state index in [0.29, 0.717) is 5.75 Å². The van der Waals surface area contributed by atoms with Gasteiger partial charge in [-0.15, -0.1) is 0 Å². The van der Waals surface area contributed by atoms with Crippen molar-refractivity contribution in [3.8, 4) is 5.75 Å². The van der Waals surface area contributed by atoms with Crippen LogP contribution in [0.15, 0.2) is 24.3 Å². The highest BCUT2D eigenvalue weighted by molar-refractivity contribution is 5.77. The third-order valence-corrected chi connectivity index (χ3v) is 2.13. The zero-order chi connectivity index (χ0) is 12.0. The summed E-state index contributed by atoms with van der Waals surface area (Å²) in [6.07, 6.45) is 0. The topological polar surface area (TPSA) is 58.6 Å². The third-order valence-electron chi connectivity index (χ3n) is 2.13. The molecule has 2 N–H and O–H groups in total. The number of carbonyl (C=O) groups is 1. The van der Waals surface area contributed by atoms with Gasteiger partial charge in [-0.25, -0.2) is 0 Å². The zero-order valence-corrected chi connectivity index (χ0v) is 9.56. The Hall–Kier alpha value is -1.55. The van der Waals surface area contributed by atoms with Crippen molar-refractivity contribution in [2.75, 3.05) is 13.2 Å². The lowest BCUT2D eigenvalue weighted by atomic mass is 10.2. The Bertz CT molecular complexity index is 352. The van der Waals surface area contributed by atoms with Crippen molar-refractivity contribution in [3.05, 3.63) is 29.8 Å². The number of hydrogen-bond donors (Lipinski definition) is 2. The van der Waals surface area contributed by atoms with E-state index < -0.39 is 0 Å². The minimum atomic E-state index is -0.243. The van der Waals surface area contributed by atoms with Gasteiger partial charge in [0.25, 0.3) is 5.91 Å². The van der Waals surface area contributed by atoms with E-state index in [1.807, 2.05) is 31.2 Å². The van der Waals surface area contributed by atoms with Gasteiger partial charge in [-0.05, 0) is 25.5 Å². The van der Waals surface area contributed by atoms with Gasteiger partial charge in [-0.3, -0.25) is 4.79 Å². The average molecular weight is 223 g/mol. The lowest BCUT2D eigenvalue weighted by Crippen LogP contribution is -2.38. The lowest BCUT2D eigenvalue weighted by Gasteiger charge is -2.12. The number of benzene rings is 1. The summed E-state index contributed by atoms with van der Waals surface area (Å²) in [5.74, 6) is 0.471. The molecule has 0 heterocycles. The van der Waals surface area contributed by atoms with Crippen molar-refractivity contribution in [2.45, 2.75) is 19.9 Å². The number of amides is 1. The summed E-state index contributed by atoms with van der Waals surface area (Å²) in [5.41, 5.74) is 0.991. The zero-order valence-electron chi connectivity index (χ0n) is 9.56. The molecule has 1 rings (SSSR count). The normalized spacial score (nSPS) is 11.9. The van der Waals surface area contributed by atoms with E-state index in [9.17, 15) is 4.79 Å². The molecule has 1 aromatic rings. The second kappa shape index (κ2) is 6.12. The maximum absolute atomic E-state index is 11.3. The van der Waals surface area contributed by atoms with Crippen molar-refractivity contribution in [1.29, 1.82) is 0 Å². The molecule has 0 aliphatic rings. The van der Waals surface area contributed by atoms with Crippen molar-refractivity contribution < 1.29 is 14.6 Å². The van der Waals surface area contributed by atoms with Gasteiger partial charge >= 0.3 is 0 Å². The first-order valence-corrected chi connectivity index (χ1v) is 5.22. The van der Waals surface area contributed by atoms with Crippen LogP contribution in [-0.4, -0.2) is 30.3 Å². The number of nitrogens with one attached hydrogen (secondary N) is 1. The van der Waals surface area contributed by atoms with E-state index in [1.54, 1.807) is 6.92 Å². The minimum absolute atomic E-state index is 0.0325. The van der Waals surface area contributed by atoms with Crippen LogP contribution in [-0.2, 0) is 4.79 Å². The van der Waals surface area contributed by atoms with Gasteiger partial charge in [0, 0.05) is 6.04 Å². The molecule has 16 heavy (non-hydrogen) atoms. The van der Waals surface area contributed by atoms with Crippen LogP contribution >= 0.6 is 0 Å². The predicted octanol–water partition coefficient (Wildman–Crippen LogP) is 0.871. The summed E-state index contributed by atoms with van der Waals surface area (Å²) >= 11 is 0. The number of aryl methyl sites for hydroxylation is 1. The molecule has 0 bridgehead atoms. The van der Waals surface area contributed by atoms with E-state index in [0.717, 1.165) is 5.56 Å². The fourth-order valence-electron chi connectivity index (χ4n) is 1.22. The summed E-state index contributed by atoms with van der Waals surface area (Å²) < 4.78 is 5.35. The standard InChI is InChI=1S/C12H17NO3/c1-9-5-3-4-6-11(9)16-8-12(15)13-10(2)7-14/h3-6,10,14H,7-8H2,1-2H3,(H,13,15)/t10-/m0/s1. The summed E-state index contributed by atoms with van der Waals surface area (Å²) in [6, 6.07) is 7.27. The molecule has 1 aromatic carbocycles. The molecule has 1 amide bonds. The first kappa shape index (κ1) is 12.5. The van der Waals surface area contributed by atoms with Crippen LogP contribution in [0.5, 0.6) is 5.75 Å². The van der Waals surface area contributed by atoms with Gasteiger partial charge in [0.05, 0.1) is 6.61 Å². The van der Waals surface area contributed by atoms with Gasteiger partial charge < -0.3 is 15.2 Å². The highest BCUT2D eigenvalue weighted by atomic mass is 16.5. The lowest BCUT2D eigenvalue weighted by molar-refractivity contribution is -0.124. The van der Waals surface area contributed by atoms with E-state index in [2.05, 4.69) is 5.32 Å². The number of hydrogen-bond acceptors (Lipinski definition) is 3. The number of carbonyl (C=O) groups excluding carboxylic acids is 1. The van der Waals surface area contributed by atoms with Crippen molar-refractivity contribution >= 4 is 5.91 Å². The molecule has 1 atom stereocenters. The van der Waals surface area contributed by atoms with E-state index in [1.165, 1.54) is 0 Å². The Morgan fingerprint density at radius 3 is 2.81 bits per heavy atom. The minimum Gasteiger partial charge on any atom is -0.484 e. The Labute approximate surface area is 95.2 Å². The molecule has 0 unspecified atom stereocenters. The van der Waals surface area contributed by atoms with Crippen LogP contribution in [0, 0.1) is 6.92 Å². The molecule has 4 nitrogen and oxygen atoms in total. The van der Waals surface area contributed by atoms with Crippen LogP contribution in [0.3, 0.4) is 0 Å². The van der Waals surface area contributed by atoms with Crippen molar-refractivity contribution in [1.82, 2.24) is 5.32 Å². The predicted molar refractivity (Wildman–Crippen MR) is 61.4 cm³/mol. The summed E-state index contributed by atoms with van der Waals surface area (Å²) in [5, 5.41) is 11.4. The highest BCUT2D eigenvalue weighted by Crippen LogP contribution is 2.15. The Morgan fingerprint density at radius 2 is 2.19 bits per heavy atom. The van der Waals surface area contributed by atoms with Crippen molar-refractivity contribution in [2.24, 2.45) is 0 Å². The quantitative estimate of drug-likeness (QED) is 0.778. The maximum atomic E-state index is 11.3. The van der Waals surface area contributed by atoms with Crippen LogP contribution in [0.4, 0.5) is 0 Å². The second-order valence-electron chi connectivity index (χ2n) is 3.71.